The van der Waals surface area contributed by atoms with Crippen LogP contribution in [0.2, 0.25) is 0 Å². The first-order valence-corrected chi connectivity index (χ1v) is 9.81. The summed E-state index contributed by atoms with van der Waals surface area (Å²) in [5.41, 5.74) is -0.458. The van der Waals surface area contributed by atoms with E-state index in [9.17, 15) is 9.59 Å². The van der Waals surface area contributed by atoms with Gasteiger partial charge >= 0.3 is 12.0 Å². The fourth-order valence-electron chi connectivity index (χ4n) is 2.56. The molecule has 0 aliphatic heterocycles. The number of esters is 1. The average Bonchev–Trinajstić information content (AvgIpc) is 2.70. The third kappa shape index (κ3) is 6.84. The Bertz CT molecular complexity index is 901. The van der Waals surface area contributed by atoms with Crippen LogP contribution in [0.3, 0.4) is 0 Å². The average molecular weight is 431 g/mol. The van der Waals surface area contributed by atoms with Crippen LogP contribution in [0.5, 0.6) is 23.5 Å². The van der Waals surface area contributed by atoms with Gasteiger partial charge in [0.25, 0.3) is 5.91 Å². The van der Waals surface area contributed by atoms with Crippen molar-refractivity contribution in [1.29, 1.82) is 0 Å². The summed E-state index contributed by atoms with van der Waals surface area (Å²) in [7, 11) is 2.91. The highest BCUT2D eigenvalue weighted by Gasteiger charge is 2.30. The van der Waals surface area contributed by atoms with Crippen LogP contribution in [0, 0.1) is 5.92 Å². The number of para-hydroxylation sites is 1. The molecule has 0 spiro atoms. The van der Waals surface area contributed by atoms with Crippen LogP contribution in [0.25, 0.3) is 0 Å². The van der Waals surface area contributed by atoms with Crippen LogP contribution in [-0.2, 0) is 9.53 Å². The monoisotopic (exact) mass is 431 g/mol. The molecule has 0 saturated carbocycles. The van der Waals surface area contributed by atoms with Crippen molar-refractivity contribution < 1.29 is 28.5 Å². The number of rotatable bonds is 8. The number of aromatic nitrogens is 2. The Balaban J connectivity index is 2.28. The molecule has 1 aromatic heterocycles. The molecule has 9 heteroatoms. The first-order valence-electron chi connectivity index (χ1n) is 9.81. The second kappa shape index (κ2) is 10.1. The summed E-state index contributed by atoms with van der Waals surface area (Å²) in [5, 5.41) is 2.74. The first-order chi connectivity index (χ1) is 14.5. The molecule has 2 rings (SSSR count). The van der Waals surface area contributed by atoms with Crippen molar-refractivity contribution in [1.82, 2.24) is 15.3 Å². The standard InChI is InChI=1S/C22H29N3O6/c1-13(2)18(20(27)31-22(3,4)5)25-19(26)14-10-8-9-11-15(14)30-21-23-16(28-6)12-17(24-21)29-7/h8-13,18H,1-7H3,(H,25,26). The fourth-order valence-corrected chi connectivity index (χ4v) is 2.56. The van der Waals surface area contributed by atoms with Gasteiger partial charge in [-0.15, -0.1) is 0 Å². The molecule has 1 aromatic carbocycles. The van der Waals surface area contributed by atoms with Crippen molar-refractivity contribution in [3.63, 3.8) is 0 Å². The molecule has 0 saturated heterocycles. The highest BCUT2D eigenvalue weighted by molar-refractivity contribution is 5.99. The number of hydrogen-bond donors (Lipinski definition) is 1. The van der Waals surface area contributed by atoms with Crippen molar-refractivity contribution >= 4 is 11.9 Å². The summed E-state index contributed by atoms with van der Waals surface area (Å²) in [6, 6.07) is 7.19. The van der Waals surface area contributed by atoms with E-state index in [2.05, 4.69) is 15.3 Å². The molecular formula is C22H29N3O6. The number of ether oxygens (including phenoxy) is 4. The highest BCUT2D eigenvalue weighted by Crippen LogP contribution is 2.26. The van der Waals surface area contributed by atoms with Crippen LogP contribution in [0.1, 0.15) is 45.0 Å². The molecule has 168 valence electrons. The normalized spacial score (nSPS) is 12.1. The minimum Gasteiger partial charge on any atom is -0.481 e. The minimum atomic E-state index is -0.826. The number of benzene rings is 1. The van der Waals surface area contributed by atoms with Crippen LogP contribution in [0.4, 0.5) is 0 Å². The van der Waals surface area contributed by atoms with Gasteiger partial charge < -0.3 is 24.3 Å². The lowest BCUT2D eigenvalue weighted by Gasteiger charge is -2.26. The Morgan fingerprint density at radius 2 is 1.58 bits per heavy atom. The van der Waals surface area contributed by atoms with E-state index in [1.54, 1.807) is 45.0 Å². The largest absolute Gasteiger partial charge is 0.481 e. The quantitative estimate of drug-likeness (QED) is 0.634. The summed E-state index contributed by atoms with van der Waals surface area (Å²) < 4.78 is 21.4. The Labute approximate surface area is 182 Å². The lowest BCUT2D eigenvalue weighted by Crippen LogP contribution is -2.47. The number of carbonyl (C=O) groups excluding carboxylic acids is 2. The second-order valence-corrected chi connectivity index (χ2v) is 8.06. The summed E-state index contributed by atoms with van der Waals surface area (Å²) in [4.78, 5) is 33.8. The summed E-state index contributed by atoms with van der Waals surface area (Å²) in [6.45, 7) is 8.97. The lowest BCUT2D eigenvalue weighted by molar-refractivity contribution is -0.158. The number of nitrogens with zero attached hydrogens (tertiary/aromatic N) is 2. The molecule has 0 fully saturated rings. The van der Waals surface area contributed by atoms with Crippen LogP contribution in [-0.4, -0.2) is 47.7 Å². The Morgan fingerprint density at radius 3 is 2.10 bits per heavy atom. The van der Waals surface area contributed by atoms with Crippen molar-refractivity contribution in [3.05, 3.63) is 35.9 Å². The maximum absolute atomic E-state index is 13.0. The molecule has 1 amide bonds. The number of nitrogens with one attached hydrogen (secondary N) is 1. The molecule has 0 radical (unpaired) electrons. The van der Waals surface area contributed by atoms with Crippen LogP contribution in [0.15, 0.2) is 30.3 Å². The van der Waals surface area contributed by atoms with Gasteiger partial charge in [-0.05, 0) is 38.8 Å². The maximum atomic E-state index is 13.0. The molecule has 31 heavy (non-hydrogen) atoms. The molecule has 0 bridgehead atoms. The van der Waals surface area contributed by atoms with E-state index in [0.29, 0.717) is 0 Å². The Hall–Kier alpha value is -3.36. The zero-order chi connectivity index (χ0) is 23.2. The van der Waals surface area contributed by atoms with E-state index in [1.807, 2.05) is 13.8 Å². The summed E-state index contributed by atoms with van der Waals surface area (Å²) >= 11 is 0. The SMILES string of the molecule is COc1cc(OC)nc(Oc2ccccc2C(=O)NC(C(=O)OC(C)(C)C)C(C)C)n1. The molecule has 2 aromatic rings. The zero-order valence-corrected chi connectivity index (χ0v) is 18.9. The number of methoxy groups -OCH3 is 2. The predicted octanol–water partition coefficient (Wildman–Crippen LogP) is 3.38. The third-order valence-electron chi connectivity index (χ3n) is 4.02. The molecular weight excluding hydrogens is 402 g/mol. The molecule has 1 atom stereocenters. The molecule has 1 N–H and O–H groups in total. The fraction of sp³-hybridized carbons (Fsp3) is 0.455. The van der Waals surface area contributed by atoms with Gasteiger partial charge in [0.2, 0.25) is 11.8 Å². The van der Waals surface area contributed by atoms with E-state index >= 15 is 0 Å². The Kier molecular flexibility index (Phi) is 7.79. The van der Waals surface area contributed by atoms with Gasteiger partial charge in [0.05, 0.1) is 25.8 Å². The highest BCUT2D eigenvalue weighted by atomic mass is 16.6. The van der Waals surface area contributed by atoms with Crippen LogP contribution >= 0.6 is 0 Å². The second-order valence-electron chi connectivity index (χ2n) is 8.06. The van der Waals surface area contributed by atoms with E-state index in [0.717, 1.165) is 0 Å². The van der Waals surface area contributed by atoms with Crippen molar-refractivity contribution in [2.24, 2.45) is 5.92 Å². The predicted molar refractivity (Wildman–Crippen MR) is 114 cm³/mol. The van der Waals surface area contributed by atoms with E-state index in [1.165, 1.54) is 20.3 Å². The molecule has 1 unspecified atom stereocenters. The summed E-state index contributed by atoms with van der Waals surface area (Å²) in [5.74, 6) is -0.479. The summed E-state index contributed by atoms with van der Waals surface area (Å²) in [6.07, 6.45) is 0. The Morgan fingerprint density at radius 1 is 1.00 bits per heavy atom. The van der Waals surface area contributed by atoms with Gasteiger partial charge in [-0.3, -0.25) is 4.79 Å². The number of amides is 1. The minimum absolute atomic E-state index is 0.0519. The van der Waals surface area contributed by atoms with Crippen LogP contribution < -0.4 is 19.5 Å². The van der Waals surface area contributed by atoms with E-state index in [-0.39, 0.29) is 35.0 Å². The molecule has 9 nitrogen and oxygen atoms in total. The smallest absolute Gasteiger partial charge is 0.329 e. The van der Waals surface area contributed by atoms with Crippen molar-refractivity contribution in [2.45, 2.75) is 46.3 Å². The topological polar surface area (TPSA) is 109 Å². The van der Waals surface area contributed by atoms with E-state index < -0.39 is 23.5 Å². The van der Waals surface area contributed by atoms with Crippen molar-refractivity contribution in [2.75, 3.05) is 14.2 Å². The van der Waals surface area contributed by atoms with Gasteiger partial charge in [0, 0.05) is 0 Å². The first kappa shape index (κ1) is 23.9. The molecule has 0 aliphatic rings. The lowest BCUT2D eigenvalue weighted by atomic mass is 10.0. The molecule has 1 heterocycles. The maximum Gasteiger partial charge on any atom is 0.329 e. The van der Waals surface area contributed by atoms with Gasteiger partial charge in [-0.2, -0.15) is 9.97 Å². The van der Waals surface area contributed by atoms with Crippen molar-refractivity contribution in [3.8, 4) is 23.5 Å². The van der Waals surface area contributed by atoms with Gasteiger partial charge in [0.1, 0.15) is 17.4 Å². The molecule has 0 aliphatic carbocycles. The van der Waals surface area contributed by atoms with E-state index in [4.69, 9.17) is 18.9 Å². The number of hydrogen-bond acceptors (Lipinski definition) is 8. The number of carbonyl (C=O) groups is 2. The van der Waals surface area contributed by atoms with Gasteiger partial charge in [-0.25, -0.2) is 4.79 Å². The van der Waals surface area contributed by atoms with Gasteiger partial charge in [-0.1, -0.05) is 26.0 Å². The zero-order valence-electron chi connectivity index (χ0n) is 18.9. The van der Waals surface area contributed by atoms with Gasteiger partial charge in [0.15, 0.2) is 0 Å². The third-order valence-corrected chi connectivity index (χ3v) is 4.02.